The molecule has 0 aliphatic carbocycles. The molecule has 0 unspecified atom stereocenters. The largest absolute Gasteiger partial charge is 0.454 e. The number of ether oxygens (including phenoxy) is 9. The van der Waals surface area contributed by atoms with Gasteiger partial charge in [-0.3, -0.25) is 4.79 Å². The summed E-state index contributed by atoms with van der Waals surface area (Å²) in [6.45, 7) is 5.65. The van der Waals surface area contributed by atoms with Crippen LogP contribution in [-0.2, 0) is 67.2 Å². The maximum Gasteiger partial charge on any atom is 0.338 e. The van der Waals surface area contributed by atoms with Crippen molar-refractivity contribution in [2.24, 2.45) is 0 Å². The SMILES string of the molecule is CO[C@@H]1O[C@@H](C)[C@H](OCc2ccccc2)[C@@H](O[C@@H]2O[C@@H](C)[C@H](OCc3ccccc3)[C@@H](OCc3ccccc3)[C@H]2OC(=O)c2ccccc2)[C@H]1OC(C)=O. The van der Waals surface area contributed by atoms with Gasteiger partial charge in [-0.15, -0.1) is 0 Å². The zero-order chi connectivity index (χ0) is 37.9. The molecule has 0 amide bonds. The van der Waals surface area contributed by atoms with E-state index in [4.69, 9.17) is 42.6 Å². The highest BCUT2D eigenvalue weighted by molar-refractivity contribution is 5.89. The predicted octanol–water partition coefficient (Wildman–Crippen LogP) is 6.42. The van der Waals surface area contributed by atoms with Gasteiger partial charge in [0.15, 0.2) is 24.8 Å². The number of hydrogen-bond donors (Lipinski definition) is 0. The Morgan fingerprint density at radius 1 is 0.519 bits per heavy atom. The van der Waals surface area contributed by atoms with Gasteiger partial charge in [0, 0.05) is 14.0 Å². The van der Waals surface area contributed by atoms with Crippen LogP contribution in [0.25, 0.3) is 0 Å². The maximum atomic E-state index is 13.9. The van der Waals surface area contributed by atoms with Gasteiger partial charge < -0.3 is 42.6 Å². The zero-order valence-electron chi connectivity index (χ0n) is 30.9. The standard InChI is InChI=1S/C43H48O11/c1-28-35(47-25-31-17-9-5-10-18-31)37(49-27-33-21-13-7-14-22-33)39(53-41(45)34-23-15-8-16-24-34)43(51-28)54-38-36(48-26-32-19-11-6-12-20-32)29(2)50-42(46-4)40(38)52-30(3)44/h5-24,28-29,35-40,42-43H,25-27H2,1-4H3/t28-,29-,35-,36-,37+,38+,39+,40+,42+,43-/m0/s1. The smallest absolute Gasteiger partial charge is 0.338 e. The Morgan fingerprint density at radius 3 is 1.39 bits per heavy atom. The van der Waals surface area contributed by atoms with Crippen molar-refractivity contribution in [2.75, 3.05) is 7.11 Å². The van der Waals surface area contributed by atoms with Crippen molar-refractivity contribution in [3.63, 3.8) is 0 Å². The van der Waals surface area contributed by atoms with Crippen LogP contribution in [0.1, 0.15) is 47.8 Å². The Balaban J connectivity index is 1.37. The summed E-state index contributed by atoms with van der Waals surface area (Å²) in [4.78, 5) is 26.4. The minimum atomic E-state index is -1.24. The normalized spacial score (nSPS) is 28.2. The summed E-state index contributed by atoms with van der Waals surface area (Å²) in [5, 5.41) is 0. The Labute approximate surface area is 316 Å². The predicted molar refractivity (Wildman–Crippen MR) is 197 cm³/mol. The minimum Gasteiger partial charge on any atom is -0.454 e. The van der Waals surface area contributed by atoms with E-state index in [1.165, 1.54) is 14.0 Å². The van der Waals surface area contributed by atoms with Crippen LogP contribution in [0, 0.1) is 0 Å². The molecule has 2 heterocycles. The lowest BCUT2D eigenvalue weighted by atomic mass is 9.96. The lowest BCUT2D eigenvalue weighted by molar-refractivity contribution is -0.361. The first kappa shape index (κ1) is 39.2. The van der Waals surface area contributed by atoms with Crippen LogP contribution in [0.5, 0.6) is 0 Å². The molecule has 2 aliphatic heterocycles. The second-order valence-corrected chi connectivity index (χ2v) is 13.3. The third kappa shape index (κ3) is 10.2. The molecule has 10 atom stereocenters. The lowest BCUT2D eigenvalue weighted by Crippen LogP contribution is -2.65. The van der Waals surface area contributed by atoms with Gasteiger partial charge in [-0.25, -0.2) is 4.79 Å². The quantitative estimate of drug-likeness (QED) is 0.126. The third-order valence-corrected chi connectivity index (χ3v) is 9.39. The zero-order valence-corrected chi connectivity index (χ0v) is 30.9. The van der Waals surface area contributed by atoms with Crippen LogP contribution < -0.4 is 0 Å². The van der Waals surface area contributed by atoms with Crippen molar-refractivity contribution < 1.29 is 52.2 Å². The molecule has 54 heavy (non-hydrogen) atoms. The van der Waals surface area contributed by atoms with Crippen molar-refractivity contribution in [2.45, 2.75) is 102 Å². The molecule has 11 nitrogen and oxygen atoms in total. The summed E-state index contributed by atoms with van der Waals surface area (Å²) >= 11 is 0. The van der Waals surface area contributed by atoms with Gasteiger partial charge in [0.1, 0.15) is 24.4 Å². The second-order valence-electron chi connectivity index (χ2n) is 13.3. The molecule has 11 heteroatoms. The summed E-state index contributed by atoms with van der Waals surface area (Å²) in [6, 6.07) is 37.8. The minimum absolute atomic E-state index is 0.189. The number of rotatable bonds is 15. The number of benzene rings is 4. The molecular formula is C43H48O11. The van der Waals surface area contributed by atoms with Crippen molar-refractivity contribution >= 4 is 11.9 Å². The summed E-state index contributed by atoms with van der Waals surface area (Å²) < 4.78 is 57.1. The summed E-state index contributed by atoms with van der Waals surface area (Å²) in [6.07, 6.45) is -9.01. The average molecular weight is 741 g/mol. The molecule has 4 aromatic carbocycles. The Bertz CT molecular complexity index is 1730. The molecule has 6 rings (SSSR count). The Hall–Kier alpha value is -4.46. The number of carbonyl (C=O) groups is 2. The van der Waals surface area contributed by atoms with Gasteiger partial charge in [0.2, 0.25) is 0 Å². The van der Waals surface area contributed by atoms with E-state index in [2.05, 4.69) is 0 Å². The van der Waals surface area contributed by atoms with Crippen molar-refractivity contribution in [3.05, 3.63) is 144 Å². The van der Waals surface area contributed by atoms with E-state index in [0.29, 0.717) is 5.56 Å². The van der Waals surface area contributed by atoms with E-state index < -0.39 is 73.4 Å². The fraction of sp³-hybridized carbons (Fsp3) is 0.395. The van der Waals surface area contributed by atoms with Gasteiger partial charge in [-0.05, 0) is 42.7 Å². The maximum absolute atomic E-state index is 13.9. The first-order valence-electron chi connectivity index (χ1n) is 18.2. The Morgan fingerprint density at radius 2 is 0.926 bits per heavy atom. The molecule has 0 aromatic heterocycles. The van der Waals surface area contributed by atoms with E-state index in [9.17, 15) is 9.59 Å². The number of methoxy groups -OCH3 is 1. The molecular weight excluding hydrogens is 692 g/mol. The van der Waals surface area contributed by atoms with Gasteiger partial charge in [0.05, 0.1) is 37.6 Å². The van der Waals surface area contributed by atoms with E-state index >= 15 is 0 Å². The van der Waals surface area contributed by atoms with E-state index in [0.717, 1.165) is 16.7 Å². The van der Waals surface area contributed by atoms with Crippen molar-refractivity contribution in [1.29, 1.82) is 0 Å². The lowest BCUT2D eigenvalue weighted by Gasteiger charge is -2.49. The van der Waals surface area contributed by atoms with E-state index in [-0.39, 0.29) is 19.8 Å². The van der Waals surface area contributed by atoms with Crippen LogP contribution in [0.15, 0.2) is 121 Å². The van der Waals surface area contributed by atoms with Gasteiger partial charge in [-0.2, -0.15) is 0 Å². The summed E-state index contributed by atoms with van der Waals surface area (Å²) in [7, 11) is 1.46. The molecule has 2 fully saturated rings. The van der Waals surface area contributed by atoms with Gasteiger partial charge in [-0.1, -0.05) is 109 Å². The van der Waals surface area contributed by atoms with Crippen molar-refractivity contribution in [1.82, 2.24) is 0 Å². The fourth-order valence-electron chi connectivity index (χ4n) is 6.71. The summed E-state index contributed by atoms with van der Waals surface area (Å²) in [5.74, 6) is -1.18. The van der Waals surface area contributed by atoms with Crippen LogP contribution in [0.4, 0.5) is 0 Å². The summed E-state index contributed by atoms with van der Waals surface area (Å²) in [5.41, 5.74) is 3.12. The monoisotopic (exact) mass is 740 g/mol. The van der Waals surface area contributed by atoms with Crippen LogP contribution in [0.2, 0.25) is 0 Å². The number of carbonyl (C=O) groups excluding carboxylic acids is 2. The highest BCUT2D eigenvalue weighted by Crippen LogP contribution is 2.36. The highest BCUT2D eigenvalue weighted by atomic mass is 16.8. The topological polar surface area (TPSA) is 117 Å². The molecule has 2 aliphatic rings. The third-order valence-electron chi connectivity index (χ3n) is 9.39. The number of hydrogen-bond acceptors (Lipinski definition) is 11. The molecule has 286 valence electrons. The average Bonchev–Trinajstić information content (AvgIpc) is 3.19. The van der Waals surface area contributed by atoms with E-state index in [1.54, 1.807) is 24.3 Å². The fourth-order valence-corrected chi connectivity index (χ4v) is 6.71. The molecule has 0 saturated carbocycles. The van der Waals surface area contributed by atoms with Gasteiger partial charge in [0.25, 0.3) is 0 Å². The molecule has 4 aromatic rings. The molecule has 0 N–H and O–H groups in total. The second kappa shape index (κ2) is 19.2. The molecule has 0 spiro atoms. The van der Waals surface area contributed by atoms with E-state index in [1.807, 2.05) is 111 Å². The van der Waals surface area contributed by atoms with Crippen LogP contribution >= 0.6 is 0 Å². The highest BCUT2D eigenvalue weighted by Gasteiger charge is 2.54. The van der Waals surface area contributed by atoms with Crippen LogP contribution in [0.3, 0.4) is 0 Å². The van der Waals surface area contributed by atoms with Gasteiger partial charge >= 0.3 is 11.9 Å². The van der Waals surface area contributed by atoms with Crippen molar-refractivity contribution in [3.8, 4) is 0 Å². The first-order chi connectivity index (χ1) is 26.3. The molecule has 0 radical (unpaired) electrons. The first-order valence-corrected chi connectivity index (χ1v) is 18.2. The van der Waals surface area contributed by atoms with Crippen LogP contribution in [-0.4, -0.2) is 80.5 Å². The Kier molecular flexibility index (Phi) is 14.0. The molecule has 0 bridgehead atoms. The molecule has 2 saturated heterocycles. The number of esters is 2.